The van der Waals surface area contributed by atoms with E-state index in [0.29, 0.717) is 19.6 Å². The lowest BCUT2D eigenvalue weighted by atomic mass is 9.89. The number of carbonyl (C=O) groups is 2. The summed E-state index contributed by atoms with van der Waals surface area (Å²) in [5.41, 5.74) is 7.21. The molecule has 1 aliphatic heterocycles. The number of halogens is 1. The first-order chi connectivity index (χ1) is 12.6. The molecule has 5 nitrogen and oxygen atoms in total. The molecule has 7 heteroatoms. The first kappa shape index (κ1) is 21.4. The van der Waals surface area contributed by atoms with Crippen molar-refractivity contribution >= 4 is 35.6 Å². The normalized spacial score (nSPS) is 20.0. The van der Waals surface area contributed by atoms with Gasteiger partial charge in [0.25, 0.3) is 0 Å². The molecule has 27 heavy (non-hydrogen) atoms. The summed E-state index contributed by atoms with van der Waals surface area (Å²) in [4.78, 5) is 27.4. The van der Waals surface area contributed by atoms with Crippen molar-refractivity contribution < 1.29 is 9.59 Å². The number of amides is 2. The van der Waals surface area contributed by atoms with Crippen LogP contribution < -0.4 is 11.1 Å². The minimum absolute atomic E-state index is 0. The molecule has 1 aliphatic rings. The van der Waals surface area contributed by atoms with Crippen LogP contribution >= 0.6 is 23.7 Å². The van der Waals surface area contributed by atoms with Gasteiger partial charge in [-0.05, 0) is 29.5 Å². The SMILES string of the molecule is CC(=O)NC(CC(=O)N1C[C@@H](CN)[C@H](c2ccccc2)C1)c1cccs1.Cl. The molecule has 1 unspecified atom stereocenters. The summed E-state index contributed by atoms with van der Waals surface area (Å²) in [6, 6.07) is 13.9. The van der Waals surface area contributed by atoms with E-state index < -0.39 is 0 Å². The van der Waals surface area contributed by atoms with E-state index in [1.807, 2.05) is 40.6 Å². The van der Waals surface area contributed by atoms with Crippen molar-refractivity contribution in [3.05, 3.63) is 58.3 Å². The summed E-state index contributed by atoms with van der Waals surface area (Å²) in [5.74, 6) is 0.474. The molecule has 2 heterocycles. The summed E-state index contributed by atoms with van der Waals surface area (Å²) in [6.45, 7) is 3.40. The quantitative estimate of drug-likeness (QED) is 0.773. The summed E-state index contributed by atoms with van der Waals surface area (Å²) in [5, 5.41) is 4.86. The highest BCUT2D eigenvalue weighted by Gasteiger charge is 2.36. The molecule has 3 rings (SSSR count). The zero-order chi connectivity index (χ0) is 18.5. The lowest BCUT2D eigenvalue weighted by Crippen LogP contribution is -2.35. The first-order valence-electron chi connectivity index (χ1n) is 8.91. The zero-order valence-corrected chi connectivity index (χ0v) is 17.0. The third-order valence-corrected chi connectivity index (χ3v) is 5.95. The Balaban J connectivity index is 0.00000261. The molecule has 3 N–H and O–H groups in total. The van der Waals surface area contributed by atoms with Gasteiger partial charge in [0, 0.05) is 30.8 Å². The van der Waals surface area contributed by atoms with Gasteiger partial charge in [-0.1, -0.05) is 36.4 Å². The summed E-state index contributed by atoms with van der Waals surface area (Å²) in [7, 11) is 0. The van der Waals surface area contributed by atoms with Crippen molar-refractivity contribution in [3.8, 4) is 0 Å². The van der Waals surface area contributed by atoms with Gasteiger partial charge in [-0.25, -0.2) is 0 Å². The van der Waals surface area contributed by atoms with Crippen LogP contribution in [0.3, 0.4) is 0 Å². The average Bonchev–Trinajstić information content (AvgIpc) is 3.31. The Morgan fingerprint density at radius 1 is 1.22 bits per heavy atom. The molecule has 0 radical (unpaired) electrons. The number of hydrogen-bond acceptors (Lipinski definition) is 4. The van der Waals surface area contributed by atoms with Gasteiger partial charge in [0.15, 0.2) is 0 Å². The second-order valence-electron chi connectivity index (χ2n) is 6.78. The zero-order valence-electron chi connectivity index (χ0n) is 15.3. The van der Waals surface area contributed by atoms with Crippen molar-refractivity contribution in [2.75, 3.05) is 19.6 Å². The molecular weight excluding hydrogens is 382 g/mol. The van der Waals surface area contributed by atoms with Gasteiger partial charge in [0.1, 0.15) is 0 Å². The lowest BCUT2D eigenvalue weighted by molar-refractivity contribution is -0.131. The predicted octanol–water partition coefficient (Wildman–Crippen LogP) is 2.94. The highest BCUT2D eigenvalue weighted by Crippen LogP contribution is 2.33. The lowest BCUT2D eigenvalue weighted by Gasteiger charge is -2.21. The van der Waals surface area contributed by atoms with Crippen LogP contribution in [0, 0.1) is 5.92 Å². The highest BCUT2D eigenvalue weighted by atomic mass is 35.5. The van der Waals surface area contributed by atoms with Crippen LogP contribution in [0.1, 0.15) is 35.7 Å². The molecule has 1 aromatic heterocycles. The second-order valence-corrected chi connectivity index (χ2v) is 7.76. The largest absolute Gasteiger partial charge is 0.348 e. The minimum atomic E-state index is -0.271. The summed E-state index contributed by atoms with van der Waals surface area (Å²) in [6.07, 6.45) is 0.277. The average molecular weight is 408 g/mol. The number of likely N-dealkylation sites (tertiary alicyclic amines) is 1. The number of rotatable bonds is 6. The molecule has 1 aromatic carbocycles. The van der Waals surface area contributed by atoms with Gasteiger partial charge in [-0.2, -0.15) is 0 Å². The fourth-order valence-electron chi connectivity index (χ4n) is 3.65. The number of hydrogen-bond donors (Lipinski definition) is 2. The fourth-order valence-corrected chi connectivity index (χ4v) is 4.43. The molecule has 2 aromatic rings. The monoisotopic (exact) mass is 407 g/mol. The van der Waals surface area contributed by atoms with Gasteiger partial charge >= 0.3 is 0 Å². The summed E-state index contributed by atoms with van der Waals surface area (Å²) >= 11 is 1.55. The number of carbonyl (C=O) groups excluding carboxylic acids is 2. The van der Waals surface area contributed by atoms with Gasteiger partial charge in [-0.3, -0.25) is 9.59 Å². The number of nitrogens with two attached hydrogens (primary N) is 1. The third kappa shape index (κ3) is 5.31. The Bertz CT molecular complexity index is 739. The topological polar surface area (TPSA) is 75.4 Å². The Morgan fingerprint density at radius 2 is 1.96 bits per heavy atom. The van der Waals surface area contributed by atoms with E-state index in [2.05, 4.69) is 17.4 Å². The van der Waals surface area contributed by atoms with Crippen LogP contribution in [0.25, 0.3) is 0 Å². The predicted molar refractivity (Wildman–Crippen MR) is 111 cm³/mol. The molecule has 0 saturated carbocycles. The Labute approximate surface area is 170 Å². The van der Waals surface area contributed by atoms with Crippen molar-refractivity contribution in [1.82, 2.24) is 10.2 Å². The Kier molecular flexibility index (Phi) is 7.83. The smallest absolute Gasteiger partial charge is 0.225 e. The van der Waals surface area contributed by atoms with Crippen LogP contribution in [0.4, 0.5) is 0 Å². The number of benzene rings is 1. The maximum absolute atomic E-state index is 12.9. The Hall–Kier alpha value is -1.89. The molecule has 0 spiro atoms. The van der Waals surface area contributed by atoms with Crippen LogP contribution in [0.15, 0.2) is 47.8 Å². The van der Waals surface area contributed by atoms with Crippen LogP contribution in [0.5, 0.6) is 0 Å². The maximum Gasteiger partial charge on any atom is 0.225 e. The maximum atomic E-state index is 12.9. The van der Waals surface area contributed by atoms with Gasteiger partial charge in [0.05, 0.1) is 12.5 Å². The van der Waals surface area contributed by atoms with Crippen molar-refractivity contribution in [2.45, 2.75) is 25.3 Å². The number of thiophene rings is 1. The van der Waals surface area contributed by atoms with E-state index in [-0.39, 0.29) is 48.5 Å². The standard InChI is InChI=1S/C20H25N3O2S.ClH/c1-14(24)22-18(19-8-5-9-26-19)10-20(25)23-12-16(11-21)17(13-23)15-6-3-2-4-7-15;/h2-9,16-18H,10-13,21H2,1H3,(H,22,24);1H/t16-,17+,18?;/m1./s1. The molecular formula is C20H26ClN3O2S. The molecule has 2 amide bonds. The van der Waals surface area contributed by atoms with Crippen molar-refractivity contribution in [3.63, 3.8) is 0 Å². The minimum Gasteiger partial charge on any atom is -0.348 e. The Morgan fingerprint density at radius 3 is 2.56 bits per heavy atom. The molecule has 1 saturated heterocycles. The van der Waals surface area contributed by atoms with Crippen molar-refractivity contribution in [1.29, 1.82) is 0 Å². The van der Waals surface area contributed by atoms with Gasteiger partial charge in [0.2, 0.25) is 11.8 Å². The third-order valence-electron chi connectivity index (χ3n) is 4.97. The van der Waals surface area contributed by atoms with Crippen LogP contribution in [-0.2, 0) is 9.59 Å². The molecule has 1 fully saturated rings. The molecule has 146 valence electrons. The van der Waals surface area contributed by atoms with E-state index in [4.69, 9.17) is 5.73 Å². The van der Waals surface area contributed by atoms with E-state index in [1.165, 1.54) is 12.5 Å². The first-order valence-corrected chi connectivity index (χ1v) is 9.79. The van der Waals surface area contributed by atoms with E-state index in [0.717, 1.165) is 4.88 Å². The summed E-state index contributed by atoms with van der Waals surface area (Å²) < 4.78 is 0. The second kappa shape index (κ2) is 9.88. The van der Waals surface area contributed by atoms with E-state index >= 15 is 0 Å². The highest BCUT2D eigenvalue weighted by molar-refractivity contribution is 7.10. The van der Waals surface area contributed by atoms with E-state index in [1.54, 1.807) is 11.3 Å². The van der Waals surface area contributed by atoms with E-state index in [9.17, 15) is 9.59 Å². The van der Waals surface area contributed by atoms with Crippen LogP contribution in [0.2, 0.25) is 0 Å². The fraction of sp³-hybridized carbons (Fsp3) is 0.400. The molecule has 0 bridgehead atoms. The van der Waals surface area contributed by atoms with Crippen LogP contribution in [-0.4, -0.2) is 36.3 Å². The van der Waals surface area contributed by atoms with Crippen molar-refractivity contribution in [2.24, 2.45) is 11.7 Å². The number of nitrogens with zero attached hydrogens (tertiary/aromatic N) is 1. The van der Waals surface area contributed by atoms with Gasteiger partial charge < -0.3 is 16.0 Å². The number of nitrogens with one attached hydrogen (secondary N) is 1. The van der Waals surface area contributed by atoms with Gasteiger partial charge in [-0.15, -0.1) is 23.7 Å². The molecule has 3 atom stereocenters. The molecule has 0 aliphatic carbocycles.